The average Bonchev–Trinajstić information content (AvgIpc) is 3.01. The molecule has 0 saturated heterocycles. The maximum Gasteiger partial charge on any atom is 0.260 e. The summed E-state index contributed by atoms with van der Waals surface area (Å²) in [7, 11) is 0. The summed E-state index contributed by atoms with van der Waals surface area (Å²) in [5, 5.41) is 6.20. The second kappa shape index (κ2) is 8.72. The molecule has 2 aromatic carbocycles. The molecule has 0 atom stereocenters. The average molecular weight is 456 g/mol. The highest BCUT2D eigenvalue weighted by Gasteiger charge is 2.25. The first kappa shape index (κ1) is 20.7. The molecule has 4 aromatic rings. The van der Waals surface area contributed by atoms with Crippen LogP contribution in [0.3, 0.4) is 0 Å². The lowest BCUT2D eigenvalue weighted by Crippen LogP contribution is -2.30. The molecule has 0 radical (unpaired) electrons. The van der Waals surface area contributed by atoms with Crippen LogP contribution in [0.2, 0.25) is 5.15 Å². The molecular weight excluding hydrogens is 438 g/mol. The smallest absolute Gasteiger partial charge is 0.260 e. The monoisotopic (exact) mass is 455 g/mol. The fourth-order valence-corrected chi connectivity index (χ4v) is 3.87. The van der Waals surface area contributed by atoms with Crippen molar-refractivity contribution in [2.24, 2.45) is 0 Å². The number of amides is 2. The predicted octanol–water partition coefficient (Wildman–Crippen LogP) is 5.29. The summed E-state index contributed by atoms with van der Waals surface area (Å²) in [6.45, 7) is 0.414. The molecule has 5 rings (SSSR count). The summed E-state index contributed by atoms with van der Waals surface area (Å²) in [6.07, 6.45) is 2.96. The second-order valence-electron chi connectivity index (χ2n) is 7.42. The van der Waals surface area contributed by atoms with E-state index in [2.05, 4.69) is 20.6 Å². The van der Waals surface area contributed by atoms with Gasteiger partial charge in [0.25, 0.3) is 11.8 Å². The van der Waals surface area contributed by atoms with E-state index in [9.17, 15) is 9.59 Å². The number of nitrogens with one attached hydrogen (secondary N) is 2. The molecule has 8 heteroatoms. The molecule has 0 saturated carbocycles. The number of pyridine rings is 2. The molecule has 33 heavy (non-hydrogen) atoms. The highest BCUT2D eigenvalue weighted by molar-refractivity contribution is 6.33. The van der Waals surface area contributed by atoms with Crippen molar-refractivity contribution in [1.82, 2.24) is 9.97 Å². The van der Waals surface area contributed by atoms with E-state index >= 15 is 0 Å². The zero-order valence-electron chi connectivity index (χ0n) is 17.3. The van der Waals surface area contributed by atoms with Crippen molar-refractivity contribution in [2.75, 3.05) is 15.5 Å². The topological polar surface area (TPSA) is 87.2 Å². The molecule has 1 aliphatic rings. The van der Waals surface area contributed by atoms with Crippen molar-refractivity contribution < 1.29 is 9.59 Å². The Balaban J connectivity index is 1.40. The zero-order valence-corrected chi connectivity index (χ0v) is 18.1. The molecule has 2 aromatic heterocycles. The molecule has 0 bridgehead atoms. The van der Waals surface area contributed by atoms with Gasteiger partial charge in [-0.3, -0.25) is 9.59 Å². The molecule has 1 aliphatic heterocycles. The van der Waals surface area contributed by atoms with Crippen molar-refractivity contribution in [3.63, 3.8) is 0 Å². The van der Waals surface area contributed by atoms with E-state index in [4.69, 9.17) is 11.6 Å². The zero-order chi connectivity index (χ0) is 22.8. The van der Waals surface area contributed by atoms with Gasteiger partial charge in [0.2, 0.25) is 0 Å². The third-order valence-electron chi connectivity index (χ3n) is 5.31. The molecule has 0 unspecified atom stereocenters. The fraction of sp³-hybridized carbons (Fsp3) is 0.0400. The van der Waals surface area contributed by atoms with E-state index in [1.54, 1.807) is 29.2 Å². The molecule has 0 spiro atoms. The van der Waals surface area contributed by atoms with Gasteiger partial charge < -0.3 is 15.5 Å². The maximum absolute atomic E-state index is 13.5. The number of rotatable bonds is 3. The van der Waals surface area contributed by atoms with Gasteiger partial charge in [0.1, 0.15) is 11.0 Å². The number of carbonyl (C=O) groups is 2. The number of carbonyl (C=O) groups excluding carboxylic acids is 2. The number of para-hydroxylation sites is 3. The highest BCUT2D eigenvalue weighted by Crippen LogP contribution is 2.36. The number of halogens is 1. The van der Waals surface area contributed by atoms with E-state index in [1.807, 2.05) is 48.5 Å². The molecule has 0 aliphatic carbocycles. The molecular formula is C25H18ClN5O2. The number of hydrogen-bond acceptors (Lipinski definition) is 5. The van der Waals surface area contributed by atoms with Crippen LogP contribution in [0.1, 0.15) is 26.3 Å². The molecule has 162 valence electrons. The summed E-state index contributed by atoms with van der Waals surface area (Å²) >= 11 is 5.98. The minimum absolute atomic E-state index is 0.107. The minimum atomic E-state index is -0.427. The third kappa shape index (κ3) is 4.14. The van der Waals surface area contributed by atoms with Crippen LogP contribution < -0.4 is 15.5 Å². The van der Waals surface area contributed by atoms with Gasteiger partial charge in [-0.05, 0) is 48.0 Å². The molecule has 2 N–H and O–H groups in total. The lowest BCUT2D eigenvalue weighted by molar-refractivity contribution is 0.0984. The van der Waals surface area contributed by atoms with Gasteiger partial charge in [0.05, 0.1) is 29.0 Å². The van der Waals surface area contributed by atoms with Gasteiger partial charge in [0.15, 0.2) is 0 Å². The number of hydrogen-bond donors (Lipinski definition) is 2. The summed E-state index contributed by atoms with van der Waals surface area (Å²) in [5.74, 6) is -0.315. The number of benzene rings is 2. The van der Waals surface area contributed by atoms with E-state index in [1.165, 1.54) is 12.4 Å². The summed E-state index contributed by atoms with van der Waals surface area (Å²) < 4.78 is 0. The van der Waals surface area contributed by atoms with Crippen LogP contribution >= 0.6 is 11.6 Å². The SMILES string of the molecule is O=C(Nc1ccc(C(=O)N2Cc3ccccc3Nc3ccccc32)cn1)c1cccnc1Cl. The number of anilines is 4. The van der Waals surface area contributed by atoms with Gasteiger partial charge in [-0.1, -0.05) is 41.9 Å². The number of nitrogens with zero attached hydrogens (tertiary/aromatic N) is 3. The Morgan fingerprint density at radius 3 is 2.48 bits per heavy atom. The molecule has 3 heterocycles. The van der Waals surface area contributed by atoms with Crippen molar-refractivity contribution in [3.8, 4) is 0 Å². The van der Waals surface area contributed by atoms with E-state index in [-0.39, 0.29) is 16.6 Å². The van der Waals surface area contributed by atoms with Crippen LogP contribution in [0, 0.1) is 0 Å². The first-order valence-electron chi connectivity index (χ1n) is 10.2. The lowest BCUT2D eigenvalue weighted by atomic mass is 10.1. The maximum atomic E-state index is 13.5. The molecule has 7 nitrogen and oxygen atoms in total. The van der Waals surface area contributed by atoms with Crippen LogP contribution in [0.25, 0.3) is 0 Å². The summed E-state index contributed by atoms with van der Waals surface area (Å²) in [5.41, 5.74) is 4.25. The Labute approximate surface area is 195 Å². The van der Waals surface area contributed by atoms with Crippen molar-refractivity contribution in [1.29, 1.82) is 0 Å². The second-order valence-corrected chi connectivity index (χ2v) is 7.78. The third-order valence-corrected chi connectivity index (χ3v) is 5.61. The van der Waals surface area contributed by atoms with Gasteiger partial charge in [-0.15, -0.1) is 0 Å². The van der Waals surface area contributed by atoms with E-state index in [0.29, 0.717) is 17.9 Å². The quantitative estimate of drug-likeness (QED) is 0.410. The molecule has 2 amide bonds. The van der Waals surface area contributed by atoms with Crippen LogP contribution in [-0.4, -0.2) is 21.8 Å². The van der Waals surface area contributed by atoms with Gasteiger partial charge in [0, 0.05) is 18.1 Å². The van der Waals surface area contributed by atoms with Crippen LogP contribution in [0.5, 0.6) is 0 Å². The van der Waals surface area contributed by atoms with E-state index < -0.39 is 5.91 Å². The standard InChI is InChI=1S/C25H18ClN5O2/c26-23-18(7-5-13-27-23)24(32)30-22-12-11-16(14-28-22)25(33)31-15-17-6-1-2-8-19(17)29-20-9-3-4-10-21(20)31/h1-14,29H,15H2,(H,28,30,32). The van der Waals surface area contributed by atoms with Gasteiger partial charge in [-0.25, -0.2) is 9.97 Å². The van der Waals surface area contributed by atoms with Crippen LogP contribution in [-0.2, 0) is 6.54 Å². The Morgan fingerprint density at radius 1 is 0.909 bits per heavy atom. The van der Waals surface area contributed by atoms with E-state index in [0.717, 1.165) is 22.6 Å². The Hall–Kier alpha value is -4.23. The minimum Gasteiger partial charge on any atom is -0.354 e. The Morgan fingerprint density at radius 2 is 1.70 bits per heavy atom. The van der Waals surface area contributed by atoms with Crippen molar-refractivity contribution in [3.05, 3.63) is 107 Å². The normalized spacial score (nSPS) is 12.1. The largest absolute Gasteiger partial charge is 0.354 e. The predicted molar refractivity (Wildman–Crippen MR) is 128 cm³/mol. The van der Waals surface area contributed by atoms with Gasteiger partial charge in [-0.2, -0.15) is 0 Å². The fourth-order valence-electron chi connectivity index (χ4n) is 3.67. The summed E-state index contributed by atoms with van der Waals surface area (Å²) in [6, 6.07) is 22.0. The van der Waals surface area contributed by atoms with Crippen LogP contribution in [0.15, 0.2) is 85.2 Å². The Kier molecular flexibility index (Phi) is 5.46. The summed E-state index contributed by atoms with van der Waals surface area (Å²) in [4.78, 5) is 35.8. The first-order valence-corrected chi connectivity index (χ1v) is 10.6. The van der Waals surface area contributed by atoms with Crippen LogP contribution in [0.4, 0.5) is 22.9 Å². The number of fused-ring (bicyclic) bond motifs is 2. The molecule has 0 fully saturated rings. The Bertz CT molecular complexity index is 1360. The van der Waals surface area contributed by atoms with Gasteiger partial charge >= 0.3 is 0 Å². The lowest BCUT2D eigenvalue weighted by Gasteiger charge is -2.22. The first-order chi connectivity index (χ1) is 16.1. The van der Waals surface area contributed by atoms with Crippen molar-refractivity contribution in [2.45, 2.75) is 6.54 Å². The highest BCUT2D eigenvalue weighted by atomic mass is 35.5. The van der Waals surface area contributed by atoms with Crippen molar-refractivity contribution >= 4 is 46.3 Å². The number of aromatic nitrogens is 2.